The molecule has 0 bridgehead atoms. The fraction of sp³-hybridized carbons (Fsp3) is 0.200. The molecule has 128 valence electrons. The fourth-order valence-corrected chi connectivity index (χ4v) is 3.13. The van der Waals surface area contributed by atoms with Crippen LogP contribution in [0.4, 0.5) is 0 Å². The summed E-state index contributed by atoms with van der Waals surface area (Å²) in [4.78, 5) is 26.4. The van der Waals surface area contributed by atoms with Crippen LogP contribution >= 0.6 is 11.6 Å². The van der Waals surface area contributed by atoms with Gasteiger partial charge in [-0.1, -0.05) is 55.4 Å². The molecule has 0 spiro atoms. The van der Waals surface area contributed by atoms with Gasteiger partial charge in [-0.25, -0.2) is 0 Å². The number of carbonyl (C=O) groups excluding carboxylic acids is 2. The molecule has 0 aromatic heterocycles. The second-order valence-electron chi connectivity index (χ2n) is 5.96. The maximum Gasteiger partial charge on any atom is 0.259 e. The lowest BCUT2D eigenvalue weighted by atomic mass is 10.0. The molecule has 1 N–H and O–H groups in total. The lowest BCUT2D eigenvalue weighted by Crippen LogP contribution is -2.38. The molecule has 1 atom stereocenters. The van der Waals surface area contributed by atoms with Crippen molar-refractivity contribution in [2.45, 2.75) is 19.4 Å². The molecule has 0 saturated heterocycles. The van der Waals surface area contributed by atoms with E-state index in [-0.39, 0.29) is 24.4 Å². The smallest absolute Gasteiger partial charge is 0.259 e. The van der Waals surface area contributed by atoms with Gasteiger partial charge in [0, 0.05) is 21.8 Å². The number of rotatable bonds is 5. The molecule has 2 aromatic carbocycles. The van der Waals surface area contributed by atoms with Crippen molar-refractivity contribution in [3.05, 3.63) is 76.8 Å². The maximum absolute atomic E-state index is 12.5. The van der Waals surface area contributed by atoms with Crippen molar-refractivity contribution in [1.29, 1.82) is 0 Å². The van der Waals surface area contributed by atoms with E-state index in [0.29, 0.717) is 16.3 Å². The van der Waals surface area contributed by atoms with Crippen molar-refractivity contribution in [2.24, 2.45) is 0 Å². The predicted octanol–water partition coefficient (Wildman–Crippen LogP) is 4.03. The minimum atomic E-state index is -0.218. The lowest BCUT2D eigenvalue weighted by molar-refractivity contribution is -0.122. The molecule has 1 heterocycles. The molecule has 4 nitrogen and oxygen atoms in total. The summed E-state index contributed by atoms with van der Waals surface area (Å²) in [6.45, 7) is 5.91. The summed E-state index contributed by atoms with van der Waals surface area (Å²) in [7, 11) is 0. The number of hydrogen-bond donors (Lipinski definition) is 1. The normalized spacial score (nSPS) is 14.4. The Morgan fingerprint density at radius 2 is 1.80 bits per heavy atom. The SMILES string of the molecule is C=C1c2ccccc2C(=O)N1CC(=O)N[C@H](CC)c1ccc(Cl)cc1. The number of hydrogen-bond acceptors (Lipinski definition) is 2. The van der Waals surface area contributed by atoms with Crippen LogP contribution in [-0.2, 0) is 4.79 Å². The van der Waals surface area contributed by atoms with Crippen LogP contribution in [0.3, 0.4) is 0 Å². The van der Waals surface area contributed by atoms with Gasteiger partial charge in [0.15, 0.2) is 0 Å². The number of nitrogens with one attached hydrogen (secondary N) is 1. The monoisotopic (exact) mass is 354 g/mol. The minimum Gasteiger partial charge on any atom is -0.348 e. The molecule has 2 aromatic rings. The standard InChI is InChI=1S/C20H19ClN2O2/c1-3-18(14-8-10-15(21)11-9-14)22-19(24)12-23-13(2)16-6-4-5-7-17(16)20(23)25/h4-11,18H,2-3,12H2,1H3,(H,22,24)/t18-/m1/s1. The molecule has 5 heteroatoms. The zero-order valence-electron chi connectivity index (χ0n) is 14.0. The number of halogens is 1. The maximum atomic E-state index is 12.5. The molecule has 0 fully saturated rings. The first-order valence-corrected chi connectivity index (χ1v) is 8.54. The molecular formula is C20H19ClN2O2. The van der Waals surface area contributed by atoms with Gasteiger partial charge in [-0.3, -0.25) is 14.5 Å². The number of amides is 2. The van der Waals surface area contributed by atoms with E-state index in [4.69, 9.17) is 11.6 Å². The second kappa shape index (κ2) is 7.11. The van der Waals surface area contributed by atoms with Gasteiger partial charge in [0.1, 0.15) is 6.54 Å². The van der Waals surface area contributed by atoms with Crippen molar-refractivity contribution in [1.82, 2.24) is 10.2 Å². The van der Waals surface area contributed by atoms with Gasteiger partial charge >= 0.3 is 0 Å². The summed E-state index contributed by atoms with van der Waals surface area (Å²) in [6.07, 6.45) is 0.739. The van der Waals surface area contributed by atoms with E-state index in [1.165, 1.54) is 4.90 Å². The number of nitrogens with zero attached hydrogens (tertiary/aromatic N) is 1. The van der Waals surface area contributed by atoms with Crippen LogP contribution in [0.15, 0.2) is 55.1 Å². The first kappa shape index (κ1) is 17.2. The summed E-state index contributed by atoms with van der Waals surface area (Å²) >= 11 is 5.91. The van der Waals surface area contributed by atoms with Crippen molar-refractivity contribution in [2.75, 3.05) is 6.54 Å². The summed E-state index contributed by atoms with van der Waals surface area (Å²) in [6, 6.07) is 14.5. The Balaban J connectivity index is 1.69. The third-order valence-corrected chi connectivity index (χ3v) is 4.61. The Labute approximate surface area is 152 Å². The topological polar surface area (TPSA) is 49.4 Å². The van der Waals surface area contributed by atoms with Crippen molar-refractivity contribution < 1.29 is 9.59 Å². The molecule has 1 aliphatic rings. The predicted molar refractivity (Wildman–Crippen MR) is 99.1 cm³/mol. The zero-order valence-corrected chi connectivity index (χ0v) is 14.7. The third-order valence-electron chi connectivity index (χ3n) is 4.36. The second-order valence-corrected chi connectivity index (χ2v) is 6.40. The van der Waals surface area contributed by atoms with Gasteiger partial charge < -0.3 is 5.32 Å². The molecule has 0 aliphatic carbocycles. The number of benzene rings is 2. The summed E-state index contributed by atoms with van der Waals surface area (Å²) < 4.78 is 0. The van der Waals surface area contributed by atoms with Crippen LogP contribution in [0.1, 0.15) is 40.9 Å². The van der Waals surface area contributed by atoms with Gasteiger partial charge in [0.2, 0.25) is 5.91 Å². The lowest BCUT2D eigenvalue weighted by Gasteiger charge is -2.21. The third kappa shape index (κ3) is 3.44. The van der Waals surface area contributed by atoms with Crippen molar-refractivity contribution in [3.8, 4) is 0 Å². The zero-order chi connectivity index (χ0) is 18.0. The Bertz CT molecular complexity index is 795. The Morgan fingerprint density at radius 3 is 2.40 bits per heavy atom. The molecule has 0 unspecified atom stereocenters. The average Bonchev–Trinajstić information content (AvgIpc) is 2.86. The quantitative estimate of drug-likeness (QED) is 0.881. The van der Waals surface area contributed by atoms with E-state index in [2.05, 4.69) is 11.9 Å². The summed E-state index contributed by atoms with van der Waals surface area (Å²) in [5, 5.41) is 3.63. The van der Waals surface area contributed by atoms with Gasteiger partial charge in [0.05, 0.1) is 6.04 Å². The molecular weight excluding hydrogens is 336 g/mol. The largest absolute Gasteiger partial charge is 0.348 e. The highest BCUT2D eigenvalue weighted by Gasteiger charge is 2.32. The van der Waals surface area contributed by atoms with Gasteiger partial charge in [-0.2, -0.15) is 0 Å². The Morgan fingerprint density at radius 1 is 1.16 bits per heavy atom. The Kier molecular flexibility index (Phi) is 4.91. The molecule has 25 heavy (non-hydrogen) atoms. The first-order valence-electron chi connectivity index (χ1n) is 8.16. The highest BCUT2D eigenvalue weighted by molar-refractivity contribution is 6.30. The van der Waals surface area contributed by atoms with Crippen LogP contribution in [0, 0.1) is 0 Å². The van der Waals surface area contributed by atoms with Gasteiger partial charge in [-0.05, 0) is 30.2 Å². The van der Waals surface area contributed by atoms with E-state index in [1.54, 1.807) is 24.3 Å². The van der Waals surface area contributed by atoms with Gasteiger partial charge in [-0.15, -0.1) is 0 Å². The van der Waals surface area contributed by atoms with E-state index < -0.39 is 0 Å². The summed E-state index contributed by atoms with van der Waals surface area (Å²) in [5.74, 6) is -0.403. The molecule has 3 rings (SSSR count). The molecule has 0 saturated carbocycles. The van der Waals surface area contributed by atoms with Crippen LogP contribution in [-0.4, -0.2) is 23.3 Å². The van der Waals surface area contributed by atoms with Crippen LogP contribution in [0.5, 0.6) is 0 Å². The fourth-order valence-electron chi connectivity index (χ4n) is 3.00. The van der Waals surface area contributed by atoms with Crippen LogP contribution in [0.25, 0.3) is 5.70 Å². The molecule has 2 amide bonds. The van der Waals surface area contributed by atoms with E-state index >= 15 is 0 Å². The number of carbonyl (C=O) groups is 2. The van der Waals surface area contributed by atoms with E-state index in [9.17, 15) is 9.59 Å². The number of fused-ring (bicyclic) bond motifs is 1. The summed E-state index contributed by atoms with van der Waals surface area (Å²) in [5.41, 5.74) is 2.92. The average molecular weight is 355 g/mol. The van der Waals surface area contributed by atoms with Crippen LogP contribution < -0.4 is 5.32 Å². The van der Waals surface area contributed by atoms with Crippen molar-refractivity contribution in [3.63, 3.8) is 0 Å². The van der Waals surface area contributed by atoms with E-state index in [0.717, 1.165) is 17.5 Å². The molecule has 0 radical (unpaired) electrons. The van der Waals surface area contributed by atoms with Crippen molar-refractivity contribution >= 4 is 29.1 Å². The Hall–Kier alpha value is -2.59. The van der Waals surface area contributed by atoms with E-state index in [1.807, 2.05) is 31.2 Å². The highest BCUT2D eigenvalue weighted by Crippen LogP contribution is 2.30. The highest BCUT2D eigenvalue weighted by atomic mass is 35.5. The van der Waals surface area contributed by atoms with Gasteiger partial charge in [0.25, 0.3) is 5.91 Å². The molecule has 1 aliphatic heterocycles. The minimum absolute atomic E-state index is 0.0452. The van der Waals surface area contributed by atoms with Crippen LogP contribution in [0.2, 0.25) is 5.02 Å². The first-order chi connectivity index (χ1) is 12.0.